The molecule has 0 amide bonds. The third-order valence-electron chi connectivity index (χ3n) is 3.03. The summed E-state index contributed by atoms with van der Waals surface area (Å²) in [5.74, 6) is 0.988. The number of hydrogen-bond acceptors (Lipinski definition) is 4. The largest absolute Gasteiger partial charge is 0.352 e. The lowest BCUT2D eigenvalue weighted by atomic mass is 10.2. The van der Waals surface area contributed by atoms with Gasteiger partial charge in [0, 0.05) is 12.6 Å². The molecular formula is C10H13N5. The Kier molecular flexibility index (Phi) is 1.83. The standard InChI is InChI=1S/C10H13N5/c1-7-3-2-4-15(7)10-8-9(12-5-11-8)13-6-14-10/h5-7H,2-4H2,1H3,(H,11,12,13,14). The van der Waals surface area contributed by atoms with Gasteiger partial charge in [-0.25, -0.2) is 15.0 Å². The molecule has 1 aliphatic heterocycles. The number of nitrogens with zero attached hydrogens (tertiary/aromatic N) is 4. The van der Waals surface area contributed by atoms with Crippen molar-refractivity contribution >= 4 is 17.0 Å². The molecule has 3 heterocycles. The molecule has 15 heavy (non-hydrogen) atoms. The third-order valence-corrected chi connectivity index (χ3v) is 3.03. The molecule has 0 saturated carbocycles. The number of hydrogen-bond donors (Lipinski definition) is 1. The van der Waals surface area contributed by atoms with Crippen LogP contribution in [-0.4, -0.2) is 32.5 Å². The minimum absolute atomic E-state index is 0.561. The van der Waals surface area contributed by atoms with Crippen LogP contribution in [0.5, 0.6) is 0 Å². The van der Waals surface area contributed by atoms with E-state index in [-0.39, 0.29) is 0 Å². The van der Waals surface area contributed by atoms with Crippen LogP contribution < -0.4 is 4.90 Å². The van der Waals surface area contributed by atoms with Crippen molar-refractivity contribution in [3.8, 4) is 0 Å². The summed E-state index contributed by atoms with van der Waals surface area (Å²) in [6.45, 7) is 3.31. The van der Waals surface area contributed by atoms with Crippen molar-refractivity contribution in [2.75, 3.05) is 11.4 Å². The van der Waals surface area contributed by atoms with Crippen LogP contribution in [0.1, 0.15) is 19.8 Å². The van der Waals surface area contributed by atoms with E-state index in [1.165, 1.54) is 12.8 Å². The second kappa shape index (κ2) is 3.18. The van der Waals surface area contributed by atoms with E-state index >= 15 is 0 Å². The molecule has 78 valence electrons. The van der Waals surface area contributed by atoms with Crippen LogP contribution in [0.15, 0.2) is 12.7 Å². The van der Waals surface area contributed by atoms with Crippen molar-refractivity contribution in [1.82, 2.24) is 19.9 Å². The van der Waals surface area contributed by atoms with Crippen molar-refractivity contribution in [2.45, 2.75) is 25.8 Å². The van der Waals surface area contributed by atoms with Crippen LogP contribution in [0, 0.1) is 0 Å². The fourth-order valence-electron chi connectivity index (χ4n) is 2.22. The molecule has 1 atom stereocenters. The number of aromatic nitrogens is 4. The molecule has 1 N–H and O–H groups in total. The SMILES string of the molecule is CC1CCCN1c1ncnc2nc[nH]c12. The summed E-state index contributed by atoms with van der Waals surface area (Å²) in [5, 5.41) is 0. The molecule has 2 aromatic heterocycles. The molecule has 0 radical (unpaired) electrons. The molecule has 1 saturated heterocycles. The Balaban J connectivity index is 2.13. The average molecular weight is 203 g/mol. The Morgan fingerprint density at radius 1 is 1.40 bits per heavy atom. The average Bonchev–Trinajstić information content (AvgIpc) is 2.85. The summed E-state index contributed by atoms with van der Waals surface area (Å²) in [5.41, 5.74) is 1.70. The van der Waals surface area contributed by atoms with E-state index in [4.69, 9.17) is 0 Å². The van der Waals surface area contributed by atoms with Crippen molar-refractivity contribution in [3.63, 3.8) is 0 Å². The first kappa shape index (κ1) is 8.64. The smallest absolute Gasteiger partial charge is 0.182 e. The Morgan fingerprint density at radius 3 is 3.13 bits per heavy atom. The Labute approximate surface area is 87.6 Å². The predicted octanol–water partition coefficient (Wildman–Crippen LogP) is 1.34. The van der Waals surface area contributed by atoms with Crippen molar-refractivity contribution in [2.24, 2.45) is 0 Å². The highest BCUT2D eigenvalue weighted by Gasteiger charge is 2.23. The Hall–Kier alpha value is -1.65. The van der Waals surface area contributed by atoms with E-state index in [2.05, 4.69) is 31.8 Å². The van der Waals surface area contributed by atoms with Crippen molar-refractivity contribution in [1.29, 1.82) is 0 Å². The molecule has 0 aliphatic carbocycles. The normalized spacial score (nSPS) is 21.4. The summed E-state index contributed by atoms with van der Waals surface area (Å²) in [7, 11) is 0. The van der Waals surface area contributed by atoms with Gasteiger partial charge in [-0.1, -0.05) is 0 Å². The van der Waals surface area contributed by atoms with Gasteiger partial charge in [-0.3, -0.25) is 0 Å². The topological polar surface area (TPSA) is 57.7 Å². The zero-order chi connectivity index (χ0) is 10.3. The number of H-pyrrole nitrogens is 1. The van der Waals surface area contributed by atoms with Gasteiger partial charge in [0.15, 0.2) is 11.5 Å². The maximum atomic E-state index is 4.36. The molecule has 1 aliphatic rings. The lowest BCUT2D eigenvalue weighted by molar-refractivity contribution is 0.728. The van der Waals surface area contributed by atoms with Gasteiger partial charge in [-0.05, 0) is 19.8 Å². The number of nitrogens with one attached hydrogen (secondary N) is 1. The molecule has 0 bridgehead atoms. The quantitative estimate of drug-likeness (QED) is 0.760. The van der Waals surface area contributed by atoms with Gasteiger partial charge in [0.25, 0.3) is 0 Å². The summed E-state index contributed by atoms with van der Waals surface area (Å²) < 4.78 is 0. The molecule has 3 rings (SSSR count). The lowest BCUT2D eigenvalue weighted by Gasteiger charge is -2.22. The summed E-state index contributed by atoms with van der Waals surface area (Å²) in [6, 6.07) is 0.561. The van der Waals surface area contributed by atoms with Gasteiger partial charge in [-0.2, -0.15) is 0 Å². The zero-order valence-corrected chi connectivity index (χ0v) is 8.64. The number of rotatable bonds is 1. The van der Waals surface area contributed by atoms with Gasteiger partial charge < -0.3 is 9.88 Å². The van der Waals surface area contributed by atoms with Crippen molar-refractivity contribution in [3.05, 3.63) is 12.7 Å². The van der Waals surface area contributed by atoms with Gasteiger partial charge in [0.2, 0.25) is 0 Å². The second-order valence-corrected chi connectivity index (χ2v) is 3.98. The van der Waals surface area contributed by atoms with Crippen LogP contribution in [0.25, 0.3) is 11.2 Å². The van der Waals surface area contributed by atoms with E-state index in [9.17, 15) is 0 Å². The fourth-order valence-corrected chi connectivity index (χ4v) is 2.22. The van der Waals surface area contributed by atoms with Gasteiger partial charge in [-0.15, -0.1) is 0 Å². The lowest BCUT2D eigenvalue weighted by Crippen LogP contribution is -2.27. The van der Waals surface area contributed by atoms with Crippen LogP contribution in [-0.2, 0) is 0 Å². The van der Waals surface area contributed by atoms with Crippen LogP contribution in [0.4, 0.5) is 5.82 Å². The molecule has 1 unspecified atom stereocenters. The number of aromatic amines is 1. The molecule has 0 aromatic carbocycles. The Bertz CT molecular complexity index is 477. The first-order valence-electron chi connectivity index (χ1n) is 5.27. The maximum Gasteiger partial charge on any atom is 0.182 e. The molecule has 5 nitrogen and oxygen atoms in total. The predicted molar refractivity (Wildman–Crippen MR) is 57.7 cm³/mol. The van der Waals surface area contributed by atoms with Crippen LogP contribution in [0.2, 0.25) is 0 Å². The van der Waals surface area contributed by atoms with Crippen LogP contribution in [0.3, 0.4) is 0 Å². The first-order chi connectivity index (χ1) is 7.36. The molecule has 0 spiro atoms. The molecule has 1 fully saturated rings. The minimum Gasteiger partial charge on any atom is -0.352 e. The maximum absolute atomic E-state index is 4.36. The van der Waals surface area contributed by atoms with E-state index in [1.54, 1.807) is 12.7 Å². The number of anilines is 1. The Morgan fingerprint density at radius 2 is 2.33 bits per heavy atom. The summed E-state index contributed by atoms with van der Waals surface area (Å²) >= 11 is 0. The minimum atomic E-state index is 0.561. The molecular weight excluding hydrogens is 190 g/mol. The first-order valence-corrected chi connectivity index (χ1v) is 5.27. The molecule has 5 heteroatoms. The highest BCUT2D eigenvalue weighted by atomic mass is 15.2. The van der Waals surface area contributed by atoms with Gasteiger partial charge in [0.1, 0.15) is 11.8 Å². The highest BCUT2D eigenvalue weighted by Crippen LogP contribution is 2.27. The van der Waals surface area contributed by atoms with Crippen molar-refractivity contribution < 1.29 is 0 Å². The monoisotopic (exact) mass is 203 g/mol. The summed E-state index contributed by atoms with van der Waals surface area (Å²) in [4.78, 5) is 18.0. The van der Waals surface area contributed by atoms with E-state index in [0.29, 0.717) is 6.04 Å². The van der Waals surface area contributed by atoms with E-state index in [1.807, 2.05) is 0 Å². The number of fused-ring (bicyclic) bond motifs is 1. The zero-order valence-electron chi connectivity index (χ0n) is 8.64. The van der Waals surface area contributed by atoms with E-state index in [0.717, 1.165) is 23.5 Å². The van der Waals surface area contributed by atoms with E-state index < -0.39 is 0 Å². The van der Waals surface area contributed by atoms with Crippen LogP contribution >= 0.6 is 0 Å². The van der Waals surface area contributed by atoms with Gasteiger partial charge >= 0.3 is 0 Å². The third kappa shape index (κ3) is 1.26. The number of imidazole rings is 1. The fraction of sp³-hybridized carbons (Fsp3) is 0.500. The van der Waals surface area contributed by atoms with Gasteiger partial charge in [0.05, 0.1) is 6.33 Å². The summed E-state index contributed by atoms with van der Waals surface area (Å²) in [6.07, 6.45) is 5.73. The second-order valence-electron chi connectivity index (χ2n) is 3.98. The highest BCUT2D eigenvalue weighted by molar-refractivity contribution is 5.82. The molecule has 2 aromatic rings.